The van der Waals surface area contributed by atoms with Gasteiger partial charge in [0.05, 0.1) is 0 Å². The molecule has 1 aromatic rings. The monoisotopic (exact) mass is 336 g/mol. The Morgan fingerprint density at radius 2 is 1.87 bits per heavy atom. The second-order valence-electron chi connectivity index (χ2n) is 6.30. The standard InChI is InChI=1S/C18H25ClN2O2/c1-13-5-2-3-6-16(13)21-17(22)7-4-12-20-18(23)14-8-10-15(19)11-9-14/h8-11,13,16H,2-7,12H2,1H3,(H,20,23)(H,21,22). The van der Waals surface area contributed by atoms with E-state index in [0.29, 0.717) is 41.9 Å². The molecule has 126 valence electrons. The highest BCUT2D eigenvalue weighted by molar-refractivity contribution is 6.30. The molecular weight excluding hydrogens is 312 g/mol. The summed E-state index contributed by atoms with van der Waals surface area (Å²) in [5, 5.41) is 6.56. The Morgan fingerprint density at radius 3 is 2.57 bits per heavy atom. The van der Waals surface area contributed by atoms with Crippen molar-refractivity contribution < 1.29 is 9.59 Å². The van der Waals surface area contributed by atoms with Crippen molar-refractivity contribution in [3.63, 3.8) is 0 Å². The van der Waals surface area contributed by atoms with Crippen LogP contribution in [0.4, 0.5) is 0 Å². The SMILES string of the molecule is CC1CCCCC1NC(=O)CCCNC(=O)c1ccc(Cl)cc1. The summed E-state index contributed by atoms with van der Waals surface area (Å²) in [5.41, 5.74) is 0.579. The molecule has 0 heterocycles. The largest absolute Gasteiger partial charge is 0.353 e. The summed E-state index contributed by atoms with van der Waals surface area (Å²) in [6.45, 7) is 2.70. The zero-order valence-corrected chi connectivity index (χ0v) is 14.4. The van der Waals surface area contributed by atoms with Crippen molar-refractivity contribution in [3.05, 3.63) is 34.9 Å². The van der Waals surface area contributed by atoms with Crippen LogP contribution in [0.3, 0.4) is 0 Å². The molecule has 1 aromatic carbocycles. The summed E-state index contributed by atoms with van der Waals surface area (Å²) in [6, 6.07) is 7.08. The van der Waals surface area contributed by atoms with E-state index in [0.717, 1.165) is 6.42 Å². The van der Waals surface area contributed by atoms with Crippen molar-refractivity contribution in [1.29, 1.82) is 0 Å². The number of rotatable bonds is 6. The van der Waals surface area contributed by atoms with Crippen LogP contribution in [0.1, 0.15) is 55.8 Å². The van der Waals surface area contributed by atoms with Crippen LogP contribution in [0.2, 0.25) is 5.02 Å². The molecule has 1 aliphatic rings. The smallest absolute Gasteiger partial charge is 0.251 e. The van der Waals surface area contributed by atoms with E-state index in [1.165, 1.54) is 19.3 Å². The second-order valence-corrected chi connectivity index (χ2v) is 6.74. The first kappa shape index (κ1) is 17.8. The van der Waals surface area contributed by atoms with Gasteiger partial charge >= 0.3 is 0 Å². The number of nitrogens with one attached hydrogen (secondary N) is 2. The molecule has 2 atom stereocenters. The predicted octanol–water partition coefficient (Wildman–Crippen LogP) is 3.54. The molecule has 0 aliphatic heterocycles. The van der Waals surface area contributed by atoms with Gasteiger partial charge in [0.1, 0.15) is 0 Å². The van der Waals surface area contributed by atoms with E-state index in [-0.39, 0.29) is 11.8 Å². The number of benzene rings is 1. The fraction of sp³-hybridized carbons (Fsp3) is 0.556. The number of hydrogen-bond donors (Lipinski definition) is 2. The maximum absolute atomic E-state index is 12.0. The van der Waals surface area contributed by atoms with Crippen LogP contribution in [0.25, 0.3) is 0 Å². The molecule has 2 N–H and O–H groups in total. The van der Waals surface area contributed by atoms with Gasteiger partial charge in [-0.15, -0.1) is 0 Å². The fourth-order valence-electron chi connectivity index (χ4n) is 2.96. The summed E-state index contributed by atoms with van der Waals surface area (Å²) < 4.78 is 0. The van der Waals surface area contributed by atoms with Gasteiger partial charge in [-0.25, -0.2) is 0 Å². The van der Waals surface area contributed by atoms with Gasteiger partial charge in [0.2, 0.25) is 5.91 Å². The normalized spacial score (nSPS) is 20.8. The van der Waals surface area contributed by atoms with E-state index >= 15 is 0 Å². The van der Waals surface area contributed by atoms with E-state index in [1.807, 2.05) is 0 Å². The molecule has 2 unspecified atom stereocenters. The van der Waals surface area contributed by atoms with E-state index in [1.54, 1.807) is 24.3 Å². The van der Waals surface area contributed by atoms with E-state index < -0.39 is 0 Å². The topological polar surface area (TPSA) is 58.2 Å². The van der Waals surface area contributed by atoms with Crippen LogP contribution in [0.15, 0.2) is 24.3 Å². The molecule has 2 rings (SSSR count). The van der Waals surface area contributed by atoms with Gasteiger partial charge in [0.25, 0.3) is 5.91 Å². The number of amides is 2. The Bertz CT molecular complexity index is 530. The van der Waals surface area contributed by atoms with Gasteiger partial charge < -0.3 is 10.6 Å². The Kier molecular flexibility index (Phi) is 6.90. The Balaban J connectivity index is 1.63. The molecule has 5 heteroatoms. The molecule has 23 heavy (non-hydrogen) atoms. The number of halogens is 1. The maximum Gasteiger partial charge on any atom is 0.251 e. The van der Waals surface area contributed by atoms with Gasteiger partial charge in [0, 0.05) is 29.6 Å². The van der Waals surface area contributed by atoms with E-state index in [2.05, 4.69) is 17.6 Å². The summed E-state index contributed by atoms with van der Waals surface area (Å²) in [4.78, 5) is 23.9. The molecule has 0 radical (unpaired) electrons. The summed E-state index contributed by atoms with van der Waals surface area (Å²) in [7, 11) is 0. The van der Waals surface area contributed by atoms with Crippen molar-refractivity contribution in [1.82, 2.24) is 10.6 Å². The highest BCUT2D eigenvalue weighted by Gasteiger charge is 2.22. The van der Waals surface area contributed by atoms with Crippen LogP contribution in [0.5, 0.6) is 0 Å². The Morgan fingerprint density at radius 1 is 1.17 bits per heavy atom. The number of carbonyl (C=O) groups is 2. The lowest BCUT2D eigenvalue weighted by Crippen LogP contribution is -2.41. The molecule has 4 nitrogen and oxygen atoms in total. The zero-order chi connectivity index (χ0) is 16.7. The number of hydrogen-bond acceptors (Lipinski definition) is 2. The molecular formula is C18H25ClN2O2. The first-order valence-electron chi connectivity index (χ1n) is 8.39. The molecule has 0 bridgehead atoms. The molecule has 0 aromatic heterocycles. The van der Waals surface area contributed by atoms with Gasteiger partial charge in [-0.3, -0.25) is 9.59 Å². The van der Waals surface area contributed by atoms with Crippen molar-refractivity contribution in [3.8, 4) is 0 Å². The van der Waals surface area contributed by atoms with Crippen LogP contribution < -0.4 is 10.6 Å². The minimum absolute atomic E-state index is 0.0875. The van der Waals surface area contributed by atoms with Gasteiger partial charge in [-0.2, -0.15) is 0 Å². The fourth-order valence-corrected chi connectivity index (χ4v) is 3.09. The van der Waals surface area contributed by atoms with Gasteiger partial charge in [-0.1, -0.05) is 31.4 Å². The zero-order valence-electron chi connectivity index (χ0n) is 13.6. The van der Waals surface area contributed by atoms with E-state index in [4.69, 9.17) is 11.6 Å². The lowest BCUT2D eigenvalue weighted by molar-refractivity contribution is -0.122. The van der Waals surface area contributed by atoms with Crippen molar-refractivity contribution in [2.75, 3.05) is 6.54 Å². The van der Waals surface area contributed by atoms with Crippen LogP contribution in [0, 0.1) is 5.92 Å². The molecule has 1 saturated carbocycles. The first-order valence-corrected chi connectivity index (χ1v) is 8.77. The van der Waals surface area contributed by atoms with Gasteiger partial charge in [0.15, 0.2) is 0 Å². The van der Waals surface area contributed by atoms with Crippen LogP contribution >= 0.6 is 11.6 Å². The maximum atomic E-state index is 12.0. The predicted molar refractivity (Wildman–Crippen MR) is 92.6 cm³/mol. The third-order valence-electron chi connectivity index (χ3n) is 4.43. The second kappa shape index (κ2) is 8.92. The van der Waals surface area contributed by atoms with Crippen LogP contribution in [-0.4, -0.2) is 24.4 Å². The highest BCUT2D eigenvalue weighted by atomic mass is 35.5. The lowest BCUT2D eigenvalue weighted by atomic mass is 9.86. The Labute approximate surface area is 143 Å². The number of carbonyl (C=O) groups excluding carboxylic acids is 2. The molecule has 2 amide bonds. The summed E-state index contributed by atoms with van der Waals surface area (Å²) >= 11 is 5.79. The third kappa shape index (κ3) is 5.87. The minimum Gasteiger partial charge on any atom is -0.353 e. The average Bonchev–Trinajstić information content (AvgIpc) is 2.54. The quantitative estimate of drug-likeness (QED) is 0.780. The van der Waals surface area contributed by atoms with Crippen LogP contribution in [-0.2, 0) is 4.79 Å². The summed E-state index contributed by atoms with van der Waals surface area (Å²) in [6.07, 6.45) is 5.84. The third-order valence-corrected chi connectivity index (χ3v) is 4.68. The minimum atomic E-state index is -0.136. The van der Waals surface area contributed by atoms with Crippen molar-refractivity contribution in [2.24, 2.45) is 5.92 Å². The highest BCUT2D eigenvalue weighted by Crippen LogP contribution is 2.23. The van der Waals surface area contributed by atoms with Gasteiger partial charge in [-0.05, 0) is 49.4 Å². The molecule has 0 spiro atoms. The average molecular weight is 337 g/mol. The summed E-state index contributed by atoms with van der Waals surface area (Å²) in [5.74, 6) is 0.518. The van der Waals surface area contributed by atoms with Crippen molar-refractivity contribution >= 4 is 23.4 Å². The Hall–Kier alpha value is -1.55. The van der Waals surface area contributed by atoms with Crippen molar-refractivity contribution in [2.45, 2.75) is 51.5 Å². The first-order chi connectivity index (χ1) is 11.1. The van der Waals surface area contributed by atoms with E-state index in [9.17, 15) is 9.59 Å². The molecule has 1 aliphatic carbocycles. The lowest BCUT2D eigenvalue weighted by Gasteiger charge is -2.29. The molecule has 0 saturated heterocycles. The molecule has 1 fully saturated rings.